The highest BCUT2D eigenvalue weighted by Gasteiger charge is 2.32. The molecule has 21 heavy (non-hydrogen) atoms. The van der Waals surface area contributed by atoms with Crippen LogP contribution in [0.2, 0.25) is 5.02 Å². The molecule has 1 aliphatic heterocycles. The molecule has 1 atom stereocenters. The van der Waals surface area contributed by atoms with Gasteiger partial charge in [0.15, 0.2) is 6.04 Å². The van der Waals surface area contributed by atoms with Crippen LogP contribution < -0.4 is 4.90 Å². The molecule has 1 fully saturated rings. The van der Waals surface area contributed by atoms with E-state index < -0.39 is 12.0 Å². The van der Waals surface area contributed by atoms with E-state index in [1.165, 1.54) is 11.1 Å². The number of morpholine rings is 1. The SMILES string of the molecule is CN(CC(=O)N1CCOCC1C(=O)O)c1ccc(Cl)cn1. The quantitative estimate of drug-likeness (QED) is 0.870. The molecule has 1 unspecified atom stereocenters. The third-order valence-corrected chi connectivity index (χ3v) is 3.43. The third-order valence-electron chi connectivity index (χ3n) is 3.21. The van der Waals surface area contributed by atoms with Gasteiger partial charge in [-0.1, -0.05) is 11.6 Å². The van der Waals surface area contributed by atoms with Crippen LogP contribution >= 0.6 is 11.6 Å². The zero-order chi connectivity index (χ0) is 15.4. The van der Waals surface area contributed by atoms with Gasteiger partial charge in [-0.2, -0.15) is 0 Å². The predicted molar refractivity (Wildman–Crippen MR) is 76.5 cm³/mol. The Hall–Kier alpha value is -1.86. The molecule has 0 spiro atoms. The summed E-state index contributed by atoms with van der Waals surface area (Å²) in [4.78, 5) is 30.5. The van der Waals surface area contributed by atoms with Gasteiger partial charge in [-0.25, -0.2) is 9.78 Å². The fourth-order valence-electron chi connectivity index (χ4n) is 2.08. The first-order valence-electron chi connectivity index (χ1n) is 6.41. The number of hydrogen-bond donors (Lipinski definition) is 1. The molecule has 1 aromatic heterocycles. The number of amides is 1. The molecular weight excluding hydrogens is 298 g/mol. The summed E-state index contributed by atoms with van der Waals surface area (Å²) in [6, 6.07) is 2.45. The minimum absolute atomic E-state index is 0.0178. The van der Waals surface area contributed by atoms with Crippen molar-refractivity contribution in [3.8, 4) is 0 Å². The molecule has 0 aliphatic carbocycles. The summed E-state index contributed by atoms with van der Waals surface area (Å²) in [7, 11) is 1.71. The summed E-state index contributed by atoms with van der Waals surface area (Å²) in [5.41, 5.74) is 0. The average molecular weight is 314 g/mol. The number of rotatable bonds is 4. The van der Waals surface area contributed by atoms with Gasteiger partial charge in [-0.3, -0.25) is 4.79 Å². The van der Waals surface area contributed by atoms with E-state index in [2.05, 4.69) is 4.98 Å². The van der Waals surface area contributed by atoms with Crippen molar-refractivity contribution < 1.29 is 19.4 Å². The van der Waals surface area contributed by atoms with Crippen LogP contribution in [-0.4, -0.2) is 66.3 Å². The van der Waals surface area contributed by atoms with Gasteiger partial charge in [0.05, 0.1) is 24.8 Å². The second-order valence-corrected chi connectivity index (χ2v) is 5.14. The van der Waals surface area contributed by atoms with E-state index in [4.69, 9.17) is 21.4 Å². The molecule has 0 radical (unpaired) electrons. The van der Waals surface area contributed by atoms with Crippen LogP contribution in [0.1, 0.15) is 0 Å². The fourth-order valence-corrected chi connectivity index (χ4v) is 2.19. The van der Waals surface area contributed by atoms with E-state index in [0.717, 1.165) is 0 Å². The summed E-state index contributed by atoms with van der Waals surface area (Å²) in [5.74, 6) is -0.742. The Morgan fingerprint density at radius 1 is 1.57 bits per heavy atom. The first-order chi connectivity index (χ1) is 9.99. The van der Waals surface area contributed by atoms with E-state index in [1.807, 2.05) is 0 Å². The summed E-state index contributed by atoms with van der Waals surface area (Å²) in [6.07, 6.45) is 1.49. The van der Waals surface area contributed by atoms with Gasteiger partial charge < -0.3 is 19.6 Å². The third kappa shape index (κ3) is 3.83. The van der Waals surface area contributed by atoms with E-state index in [0.29, 0.717) is 17.4 Å². The Morgan fingerprint density at radius 2 is 2.33 bits per heavy atom. The molecule has 1 N–H and O–H groups in total. The second-order valence-electron chi connectivity index (χ2n) is 4.71. The number of likely N-dealkylation sites (N-methyl/N-ethyl adjacent to an activating group) is 1. The molecule has 1 amide bonds. The molecule has 1 saturated heterocycles. The zero-order valence-electron chi connectivity index (χ0n) is 11.5. The first kappa shape index (κ1) is 15.5. The summed E-state index contributed by atoms with van der Waals surface area (Å²) < 4.78 is 5.11. The maximum absolute atomic E-state index is 12.3. The number of anilines is 1. The Morgan fingerprint density at radius 3 is 2.95 bits per heavy atom. The van der Waals surface area contributed by atoms with Crippen molar-refractivity contribution in [2.75, 3.05) is 38.3 Å². The fraction of sp³-hybridized carbons (Fsp3) is 0.462. The average Bonchev–Trinajstić information content (AvgIpc) is 2.47. The summed E-state index contributed by atoms with van der Waals surface area (Å²) in [6.45, 7) is 0.679. The Labute approximate surface area is 127 Å². The van der Waals surface area contributed by atoms with Gasteiger partial charge >= 0.3 is 5.97 Å². The highest BCUT2D eigenvalue weighted by Crippen LogP contribution is 2.14. The number of aromatic nitrogens is 1. The maximum Gasteiger partial charge on any atom is 0.328 e. The van der Waals surface area contributed by atoms with Crippen LogP contribution in [0.25, 0.3) is 0 Å². The van der Waals surface area contributed by atoms with E-state index in [9.17, 15) is 9.59 Å². The molecule has 0 saturated carbocycles. The number of carboxylic acids is 1. The normalized spacial score (nSPS) is 18.4. The van der Waals surface area contributed by atoms with Crippen molar-refractivity contribution in [2.45, 2.75) is 6.04 Å². The molecule has 114 valence electrons. The molecule has 0 bridgehead atoms. The van der Waals surface area contributed by atoms with Crippen molar-refractivity contribution in [1.82, 2.24) is 9.88 Å². The van der Waals surface area contributed by atoms with E-state index >= 15 is 0 Å². The summed E-state index contributed by atoms with van der Waals surface area (Å²) >= 11 is 5.76. The minimum atomic E-state index is -1.06. The number of nitrogens with zero attached hydrogens (tertiary/aromatic N) is 3. The van der Waals surface area contributed by atoms with Crippen molar-refractivity contribution >= 4 is 29.3 Å². The Kier molecular flexibility index (Phi) is 4.98. The van der Waals surface area contributed by atoms with Crippen LogP contribution in [0, 0.1) is 0 Å². The molecule has 7 nitrogen and oxygen atoms in total. The first-order valence-corrected chi connectivity index (χ1v) is 6.79. The number of carbonyl (C=O) groups excluding carboxylic acids is 1. The van der Waals surface area contributed by atoms with Gasteiger partial charge in [0.2, 0.25) is 5.91 Å². The molecular formula is C13H16ClN3O4. The van der Waals surface area contributed by atoms with Crippen LogP contribution in [0.5, 0.6) is 0 Å². The van der Waals surface area contributed by atoms with Crippen molar-refractivity contribution in [1.29, 1.82) is 0 Å². The number of hydrogen-bond acceptors (Lipinski definition) is 5. The number of aliphatic carboxylic acids is 1. The van der Waals surface area contributed by atoms with Crippen molar-refractivity contribution in [3.63, 3.8) is 0 Å². The minimum Gasteiger partial charge on any atom is -0.480 e. The van der Waals surface area contributed by atoms with Crippen molar-refractivity contribution in [2.24, 2.45) is 0 Å². The largest absolute Gasteiger partial charge is 0.480 e. The highest BCUT2D eigenvalue weighted by atomic mass is 35.5. The standard InChI is InChI=1S/C13H16ClN3O4/c1-16(11-3-2-9(14)6-15-11)7-12(18)17-4-5-21-8-10(17)13(19)20/h2-3,6,10H,4-5,7-8H2,1H3,(H,19,20). The molecule has 1 aliphatic rings. The van der Waals surface area contributed by atoms with E-state index in [1.54, 1.807) is 24.1 Å². The van der Waals surface area contributed by atoms with Gasteiger partial charge in [0, 0.05) is 19.8 Å². The van der Waals surface area contributed by atoms with Gasteiger partial charge in [0.1, 0.15) is 5.82 Å². The van der Waals surface area contributed by atoms with E-state index in [-0.39, 0.29) is 25.6 Å². The number of carbonyl (C=O) groups is 2. The van der Waals surface area contributed by atoms with Crippen LogP contribution in [0.3, 0.4) is 0 Å². The van der Waals surface area contributed by atoms with Crippen LogP contribution in [-0.2, 0) is 14.3 Å². The predicted octanol–water partition coefficient (Wildman–Crippen LogP) is 0.483. The number of pyridine rings is 1. The molecule has 0 aromatic carbocycles. The number of ether oxygens (including phenoxy) is 1. The van der Waals surface area contributed by atoms with Crippen molar-refractivity contribution in [3.05, 3.63) is 23.4 Å². The van der Waals surface area contributed by atoms with Gasteiger partial charge in [-0.05, 0) is 12.1 Å². The molecule has 2 rings (SSSR count). The maximum atomic E-state index is 12.3. The van der Waals surface area contributed by atoms with Gasteiger partial charge in [-0.15, -0.1) is 0 Å². The van der Waals surface area contributed by atoms with Gasteiger partial charge in [0.25, 0.3) is 0 Å². The number of carboxylic acid groups (broad SMARTS) is 1. The lowest BCUT2D eigenvalue weighted by Crippen LogP contribution is -2.54. The molecule has 1 aromatic rings. The topological polar surface area (TPSA) is 83.0 Å². The summed E-state index contributed by atoms with van der Waals surface area (Å²) in [5, 5.41) is 9.64. The highest BCUT2D eigenvalue weighted by molar-refractivity contribution is 6.30. The lowest BCUT2D eigenvalue weighted by atomic mass is 10.2. The monoisotopic (exact) mass is 313 g/mol. The Balaban J connectivity index is 2.02. The lowest BCUT2D eigenvalue weighted by Gasteiger charge is -2.34. The number of halogens is 1. The van der Waals surface area contributed by atoms with Crippen LogP contribution in [0.15, 0.2) is 18.3 Å². The Bertz CT molecular complexity index is 523. The zero-order valence-corrected chi connectivity index (χ0v) is 12.3. The molecule has 8 heteroatoms. The smallest absolute Gasteiger partial charge is 0.328 e. The lowest BCUT2D eigenvalue weighted by molar-refractivity contribution is -0.157. The second kappa shape index (κ2) is 6.73. The van der Waals surface area contributed by atoms with Crippen LogP contribution in [0.4, 0.5) is 5.82 Å². The molecule has 2 heterocycles.